The minimum absolute atomic E-state index is 0.752. The third-order valence-corrected chi connectivity index (χ3v) is 5.42. The van der Waals surface area contributed by atoms with Gasteiger partial charge in [0, 0.05) is 33.7 Å². The number of benzene rings is 2. The third-order valence-electron chi connectivity index (χ3n) is 4.89. The zero-order valence-corrected chi connectivity index (χ0v) is 17.7. The fourth-order valence-electron chi connectivity index (χ4n) is 3.55. The van der Waals surface area contributed by atoms with Crippen LogP contribution in [0.2, 0.25) is 0 Å². The first-order valence-electron chi connectivity index (χ1n) is 9.27. The zero-order chi connectivity index (χ0) is 19.7. The number of fused-ring (bicyclic) bond motifs is 1. The van der Waals surface area contributed by atoms with E-state index in [-0.39, 0.29) is 0 Å². The summed E-state index contributed by atoms with van der Waals surface area (Å²) in [5.74, 6) is 0.752. The van der Waals surface area contributed by atoms with Crippen molar-refractivity contribution in [1.82, 2.24) is 14.1 Å². The first kappa shape index (κ1) is 18.5. The number of nitrogens with one attached hydrogen (secondary N) is 1. The van der Waals surface area contributed by atoms with Crippen molar-refractivity contribution in [1.29, 1.82) is 0 Å². The molecule has 0 aliphatic carbocycles. The van der Waals surface area contributed by atoms with Crippen molar-refractivity contribution in [3.05, 3.63) is 76.0 Å². The summed E-state index contributed by atoms with van der Waals surface area (Å²) in [6, 6.07) is 18.6. The average Bonchev–Trinajstić information content (AvgIpc) is 3.19. The highest BCUT2D eigenvalue weighted by atomic mass is 79.9. The van der Waals surface area contributed by atoms with Crippen LogP contribution in [0, 0.1) is 13.8 Å². The third kappa shape index (κ3) is 3.36. The molecule has 0 spiro atoms. The van der Waals surface area contributed by atoms with E-state index in [2.05, 4.69) is 97.7 Å². The number of anilines is 1. The van der Waals surface area contributed by atoms with Gasteiger partial charge in [-0.3, -0.25) is 0 Å². The zero-order valence-electron chi connectivity index (χ0n) is 16.1. The lowest BCUT2D eigenvalue weighted by Crippen LogP contribution is -2.02. The fraction of sp³-hybridized carbons (Fsp3) is 0.182. The van der Waals surface area contributed by atoms with Gasteiger partial charge in [-0.05, 0) is 63.2 Å². The number of imidazole rings is 1. The molecule has 0 aliphatic heterocycles. The van der Waals surface area contributed by atoms with E-state index in [0.29, 0.717) is 0 Å². The van der Waals surface area contributed by atoms with Crippen LogP contribution in [0.25, 0.3) is 16.7 Å². The van der Waals surface area contributed by atoms with E-state index in [9.17, 15) is 0 Å². The molecule has 2 heterocycles. The van der Waals surface area contributed by atoms with Crippen LogP contribution in [0.5, 0.6) is 0 Å². The quantitative estimate of drug-likeness (QED) is 0.324. The molecule has 28 heavy (non-hydrogen) atoms. The van der Waals surface area contributed by atoms with Gasteiger partial charge in [-0.2, -0.15) is 5.10 Å². The standard InChI is InChI=1S/C22H22BrN5/c1-4-27-21-8-6-5-7-20(21)25-22(27)26-24-14-17-13-15(2)28(16(17)3)19-11-9-18(23)10-12-19/h5-14H,4H2,1-3H3,(H,25,26)/b24-14-. The van der Waals surface area contributed by atoms with Gasteiger partial charge in [0.15, 0.2) is 0 Å². The van der Waals surface area contributed by atoms with Crippen LogP contribution in [0.15, 0.2) is 64.2 Å². The van der Waals surface area contributed by atoms with Crippen molar-refractivity contribution in [3.63, 3.8) is 0 Å². The number of rotatable bonds is 5. The summed E-state index contributed by atoms with van der Waals surface area (Å²) in [6.45, 7) is 7.15. The van der Waals surface area contributed by atoms with Crippen LogP contribution in [-0.2, 0) is 6.54 Å². The topological polar surface area (TPSA) is 47.1 Å². The van der Waals surface area contributed by atoms with E-state index in [1.54, 1.807) is 0 Å². The molecule has 4 rings (SSSR count). The average molecular weight is 436 g/mol. The molecule has 2 aromatic carbocycles. The summed E-state index contributed by atoms with van der Waals surface area (Å²) in [4.78, 5) is 4.64. The minimum atomic E-state index is 0.752. The maximum atomic E-state index is 4.64. The highest BCUT2D eigenvalue weighted by molar-refractivity contribution is 9.10. The number of hydrazone groups is 1. The van der Waals surface area contributed by atoms with Gasteiger partial charge in [0.25, 0.3) is 0 Å². The largest absolute Gasteiger partial charge is 0.318 e. The summed E-state index contributed by atoms with van der Waals surface area (Å²) in [6.07, 6.45) is 1.86. The summed E-state index contributed by atoms with van der Waals surface area (Å²) in [5, 5.41) is 4.46. The summed E-state index contributed by atoms with van der Waals surface area (Å²) < 4.78 is 5.43. The Balaban J connectivity index is 1.61. The maximum Gasteiger partial charge on any atom is 0.224 e. The number of hydrogen-bond donors (Lipinski definition) is 1. The lowest BCUT2D eigenvalue weighted by molar-refractivity contribution is 0.791. The smallest absolute Gasteiger partial charge is 0.224 e. The summed E-state index contributed by atoms with van der Waals surface area (Å²) in [5.41, 5.74) is 9.72. The van der Waals surface area contributed by atoms with E-state index < -0.39 is 0 Å². The molecule has 0 unspecified atom stereocenters. The van der Waals surface area contributed by atoms with Crippen LogP contribution in [0.3, 0.4) is 0 Å². The fourth-order valence-corrected chi connectivity index (χ4v) is 3.81. The van der Waals surface area contributed by atoms with E-state index in [4.69, 9.17) is 0 Å². The molecule has 1 N–H and O–H groups in total. The monoisotopic (exact) mass is 435 g/mol. The van der Waals surface area contributed by atoms with E-state index in [1.165, 1.54) is 5.69 Å². The van der Waals surface area contributed by atoms with Crippen LogP contribution in [-0.4, -0.2) is 20.3 Å². The van der Waals surface area contributed by atoms with E-state index in [0.717, 1.165) is 44.9 Å². The predicted molar refractivity (Wildman–Crippen MR) is 120 cm³/mol. The molecule has 0 amide bonds. The molecule has 6 heteroatoms. The molecular weight excluding hydrogens is 414 g/mol. The predicted octanol–water partition coefficient (Wildman–Crippen LogP) is 5.67. The second kappa shape index (κ2) is 7.64. The molecule has 0 bridgehead atoms. The number of aryl methyl sites for hydroxylation is 2. The van der Waals surface area contributed by atoms with Gasteiger partial charge in [0.2, 0.25) is 5.95 Å². The normalized spacial score (nSPS) is 11.6. The Kier molecular flexibility index (Phi) is 5.05. The van der Waals surface area contributed by atoms with E-state index in [1.807, 2.05) is 24.4 Å². The lowest BCUT2D eigenvalue weighted by Gasteiger charge is -2.09. The van der Waals surface area contributed by atoms with Gasteiger partial charge in [-0.1, -0.05) is 28.1 Å². The van der Waals surface area contributed by atoms with Crippen molar-refractivity contribution in [2.45, 2.75) is 27.3 Å². The van der Waals surface area contributed by atoms with Crippen molar-refractivity contribution >= 4 is 39.1 Å². The van der Waals surface area contributed by atoms with Crippen molar-refractivity contribution in [3.8, 4) is 5.69 Å². The first-order valence-corrected chi connectivity index (χ1v) is 10.1. The first-order chi connectivity index (χ1) is 13.6. The van der Waals surface area contributed by atoms with Gasteiger partial charge >= 0.3 is 0 Å². The summed E-state index contributed by atoms with van der Waals surface area (Å²) >= 11 is 3.49. The highest BCUT2D eigenvalue weighted by Crippen LogP contribution is 2.22. The van der Waals surface area contributed by atoms with Gasteiger partial charge in [-0.25, -0.2) is 10.4 Å². The highest BCUT2D eigenvalue weighted by Gasteiger charge is 2.10. The molecule has 2 aromatic heterocycles. The lowest BCUT2D eigenvalue weighted by atomic mass is 10.2. The van der Waals surface area contributed by atoms with Crippen LogP contribution >= 0.6 is 15.9 Å². The van der Waals surface area contributed by atoms with Gasteiger partial charge in [0.05, 0.1) is 17.2 Å². The Morgan fingerprint density at radius 1 is 1.11 bits per heavy atom. The SMILES string of the molecule is CCn1c(N/N=C\c2cc(C)n(-c3ccc(Br)cc3)c2C)nc2ccccc21. The Bertz CT molecular complexity index is 1150. The second-order valence-corrected chi connectivity index (χ2v) is 7.59. The van der Waals surface area contributed by atoms with Gasteiger partial charge in [-0.15, -0.1) is 0 Å². The number of halogens is 1. The Morgan fingerprint density at radius 2 is 1.86 bits per heavy atom. The van der Waals surface area contributed by atoms with Crippen LogP contribution in [0.1, 0.15) is 23.9 Å². The Labute approximate surface area is 172 Å². The van der Waals surface area contributed by atoms with Gasteiger partial charge < -0.3 is 9.13 Å². The van der Waals surface area contributed by atoms with Crippen molar-refractivity contribution < 1.29 is 0 Å². The Morgan fingerprint density at radius 3 is 2.61 bits per heavy atom. The molecule has 0 aliphatic rings. The molecule has 0 atom stereocenters. The summed E-state index contributed by atoms with van der Waals surface area (Å²) in [7, 11) is 0. The molecule has 0 saturated carbocycles. The van der Waals surface area contributed by atoms with Crippen LogP contribution < -0.4 is 5.43 Å². The molecule has 0 fully saturated rings. The van der Waals surface area contributed by atoms with Crippen molar-refractivity contribution in [2.75, 3.05) is 5.43 Å². The molecule has 0 radical (unpaired) electrons. The molecule has 0 saturated heterocycles. The second-order valence-electron chi connectivity index (χ2n) is 6.68. The van der Waals surface area contributed by atoms with Gasteiger partial charge in [0.1, 0.15) is 0 Å². The number of aromatic nitrogens is 3. The minimum Gasteiger partial charge on any atom is -0.318 e. The van der Waals surface area contributed by atoms with Crippen LogP contribution in [0.4, 0.5) is 5.95 Å². The number of para-hydroxylation sites is 2. The van der Waals surface area contributed by atoms with Crippen molar-refractivity contribution in [2.24, 2.45) is 5.10 Å². The molecule has 4 aromatic rings. The molecular formula is C22H22BrN5. The molecule has 5 nitrogen and oxygen atoms in total. The number of nitrogens with zero attached hydrogens (tertiary/aromatic N) is 4. The number of hydrogen-bond acceptors (Lipinski definition) is 3. The van der Waals surface area contributed by atoms with E-state index >= 15 is 0 Å². The Hall–Kier alpha value is -2.86. The maximum absolute atomic E-state index is 4.64. The molecule has 142 valence electrons.